The Morgan fingerprint density at radius 3 is 2.89 bits per heavy atom. The van der Waals surface area contributed by atoms with Crippen LogP contribution in [0.3, 0.4) is 0 Å². The van der Waals surface area contributed by atoms with Crippen LogP contribution in [-0.2, 0) is 4.74 Å². The molecule has 0 aliphatic carbocycles. The lowest BCUT2D eigenvalue weighted by atomic mass is 10.3. The predicted octanol–water partition coefficient (Wildman–Crippen LogP) is 2.90. The van der Waals surface area contributed by atoms with E-state index in [1.165, 1.54) is 23.0 Å². The fourth-order valence-corrected chi connectivity index (χ4v) is 2.68. The Kier molecular flexibility index (Phi) is 2.96. The van der Waals surface area contributed by atoms with Crippen LogP contribution in [0.2, 0.25) is 4.34 Å². The molecule has 5 nitrogen and oxygen atoms in total. The lowest BCUT2D eigenvalue weighted by Gasteiger charge is -2.00. The maximum absolute atomic E-state index is 11.6. The highest BCUT2D eigenvalue weighted by molar-refractivity contribution is 7.19. The van der Waals surface area contributed by atoms with E-state index in [1.54, 1.807) is 24.3 Å². The molecule has 0 fully saturated rings. The van der Waals surface area contributed by atoms with Crippen molar-refractivity contribution in [2.45, 2.75) is 0 Å². The largest absolute Gasteiger partial charge is 0.464 e. The second-order valence-electron chi connectivity index (χ2n) is 3.71. The average Bonchev–Trinajstić information content (AvgIpc) is 3.02. The van der Waals surface area contributed by atoms with E-state index in [1.807, 2.05) is 6.07 Å². The summed E-state index contributed by atoms with van der Waals surface area (Å²) in [6, 6.07) is 8.78. The number of ether oxygens (including phenoxy) is 1. The van der Waals surface area contributed by atoms with Gasteiger partial charge in [-0.15, -0.1) is 16.4 Å². The number of carbonyl (C=O) groups is 1. The molecule has 3 aromatic rings. The number of pyridine rings is 1. The van der Waals surface area contributed by atoms with Gasteiger partial charge in [0.25, 0.3) is 0 Å². The van der Waals surface area contributed by atoms with Gasteiger partial charge in [0.15, 0.2) is 17.2 Å². The minimum Gasteiger partial charge on any atom is -0.464 e. The van der Waals surface area contributed by atoms with Crippen LogP contribution in [0.1, 0.15) is 10.5 Å². The summed E-state index contributed by atoms with van der Waals surface area (Å²) in [6.07, 6.45) is 0. The average molecular weight is 294 g/mol. The summed E-state index contributed by atoms with van der Waals surface area (Å²) in [5, 5.41) is 4.32. The van der Waals surface area contributed by atoms with Crippen molar-refractivity contribution < 1.29 is 9.53 Å². The fraction of sp³-hybridized carbons (Fsp3) is 0.0833. The van der Waals surface area contributed by atoms with E-state index < -0.39 is 5.97 Å². The van der Waals surface area contributed by atoms with Crippen LogP contribution in [0, 0.1) is 0 Å². The third-order valence-corrected chi connectivity index (χ3v) is 3.77. The molecule has 0 aromatic carbocycles. The molecule has 19 heavy (non-hydrogen) atoms. The SMILES string of the molecule is COC(=O)c1cccc2nc(-c3ccc(Cl)s3)nn12. The number of fused-ring (bicyclic) bond motifs is 1. The molecule has 3 aromatic heterocycles. The van der Waals surface area contributed by atoms with Gasteiger partial charge in [0.1, 0.15) is 0 Å². The number of thiophene rings is 1. The summed E-state index contributed by atoms with van der Waals surface area (Å²) < 4.78 is 6.85. The van der Waals surface area contributed by atoms with E-state index in [0.29, 0.717) is 21.5 Å². The van der Waals surface area contributed by atoms with Crippen LogP contribution < -0.4 is 0 Å². The lowest BCUT2D eigenvalue weighted by Crippen LogP contribution is -2.08. The van der Waals surface area contributed by atoms with E-state index in [-0.39, 0.29) is 0 Å². The predicted molar refractivity (Wildman–Crippen MR) is 72.6 cm³/mol. The van der Waals surface area contributed by atoms with E-state index in [9.17, 15) is 4.79 Å². The Hall–Kier alpha value is -1.92. The third-order valence-electron chi connectivity index (χ3n) is 2.55. The zero-order valence-electron chi connectivity index (χ0n) is 9.83. The normalized spacial score (nSPS) is 10.8. The maximum atomic E-state index is 11.6. The summed E-state index contributed by atoms with van der Waals surface area (Å²) in [6.45, 7) is 0. The van der Waals surface area contributed by atoms with Gasteiger partial charge in [0.2, 0.25) is 0 Å². The number of rotatable bonds is 2. The molecule has 0 aliphatic rings. The first kappa shape index (κ1) is 12.1. The Balaban J connectivity index is 2.18. The topological polar surface area (TPSA) is 56.5 Å². The maximum Gasteiger partial charge on any atom is 0.356 e. The quantitative estimate of drug-likeness (QED) is 0.682. The molecular weight excluding hydrogens is 286 g/mol. The molecule has 0 N–H and O–H groups in total. The van der Waals surface area contributed by atoms with Crippen LogP contribution in [0.4, 0.5) is 0 Å². The molecule has 0 atom stereocenters. The number of methoxy groups -OCH3 is 1. The smallest absolute Gasteiger partial charge is 0.356 e. The summed E-state index contributed by atoms with van der Waals surface area (Å²) in [4.78, 5) is 16.9. The van der Waals surface area contributed by atoms with E-state index in [4.69, 9.17) is 16.3 Å². The summed E-state index contributed by atoms with van der Waals surface area (Å²) >= 11 is 7.28. The molecule has 3 rings (SSSR count). The first-order valence-electron chi connectivity index (χ1n) is 5.39. The van der Waals surface area contributed by atoms with Gasteiger partial charge in [0, 0.05) is 0 Å². The fourth-order valence-electron chi connectivity index (χ4n) is 1.70. The molecule has 96 valence electrons. The number of carbonyl (C=O) groups excluding carboxylic acids is 1. The molecule has 0 bridgehead atoms. The van der Waals surface area contributed by atoms with Crippen molar-refractivity contribution >= 4 is 34.6 Å². The van der Waals surface area contributed by atoms with E-state index in [0.717, 1.165) is 4.88 Å². The molecule has 3 heterocycles. The minimum atomic E-state index is -0.453. The number of halogens is 1. The molecule has 0 amide bonds. The van der Waals surface area contributed by atoms with Gasteiger partial charge >= 0.3 is 5.97 Å². The highest BCUT2D eigenvalue weighted by atomic mass is 35.5. The molecule has 0 aliphatic heterocycles. The number of hydrogen-bond donors (Lipinski definition) is 0. The van der Waals surface area contributed by atoms with Crippen molar-refractivity contribution in [2.24, 2.45) is 0 Å². The second kappa shape index (κ2) is 4.64. The Bertz CT molecular complexity index is 765. The highest BCUT2D eigenvalue weighted by Gasteiger charge is 2.15. The van der Waals surface area contributed by atoms with Gasteiger partial charge in [0.05, 0.1) is 16.3 Å². The van der Waals surface area contributed by atoms with Crippen LogP contribution in [0.15, 0.2) is 30.3 Å². The third kappa shape index (κ3) is 2.09. The molecule has 0 spiro atoms. The standard InChI is InChI=1S/C12H8ClN3O2S/c1-18-12(17)7-3-2-4-10-14-11(15-16(7)10)8-5-6-9(13)19-8/h2-6H,1H3. The Labute approximate surface area is 117 Å². The Morgan fingerprint density at radius 2 is 2.21 bits per heavy atom. The van der Waals surface area contributed by atoms with Crippen molar-refractivity contribution in [3.8, 4) is 10.7 Å². The second-order valence-corrected chi connectivity index (χ2v) is 5.43. The van der Waals surface area contributed by atoms with Crippen molar-refractivity contribution in [3.05, 3.63) is 40.4 Å². The summed E-state index contributed by atoms with van der Waals surface area (Å²) in [7, 11) is 1.33. The molecule has 0 saturated carbocycles. The zero-order valence-corrected chi connectivity index (χ0v) is 11.4. The monoisotopic (exact) mass is 293 g/mol. The van der Waals surface area contributed by atoms with Gasteiger partial charge in [-0.3, -0.25) is 0 Å². The van der Waals surface area contributed by atoms with Crippen LogP contribution >= 0.6 is 22.9 Å². The van der Waals surface area contributed by atoms with Crippen molar-refractivity contribution in [3.63, 3.8) is 0 Å². The van der Waals surface area contributed by atoms with Crippen molar-refractivity contribution in [1.82, 2.24) is 14.6 Å². The van der Waals surface area contributed by atoms with E-state index in [2.05, 4.69) is 10.1 Å². The van der Waals surface area contributed by atoms with Gasteiger partial charge in [-0.2, -0.15) is 0 Å². The number of nitrogens with zero attached hydrogens (tertiary/aromatic N) is 3. The van der Waals surface area contributed by atoms with Crippen LogP contribution in [0.5, 0.6) is 0 Å². The Morgan fingerprint density at radius 1 is 1.37 bits per heavy atom. The first-order valence-corrected chi connectivity index (χ1v) is 6.58. The summed E-state index contributed by atoms with van der Waals surface area (Å²) in [5.74, 6) is 0.0829. The van der Waals surface area contributed by atoms with Gasteiger partial charge < -0.3 is 4.74 Å². The molecule has 7 heteroatoms. The van der Waals surface area contributed by atoms with Gasteiger partial charge in [-0.05, 0) is 24.3 Å². The number of esters is 1. The molecule has 0 radical (unpaired) electrons. The molecule has 0 unspecified atom stereocenters. The molecule has 0 saturated heterocycles. The van der Waals surface area contributed by atoms with E-state index >= 15 is 0 Å². The number of hydrogen-bond acceptors (Lipinski definition) is 5. The zero-order chi connectivity index (χ0) is 13.4. The van der Waals surface area contributed by atoms with Crippen molar-refractivity contribution in [1.29, 1.82) is 0 Å². The van der Waals surface area contributed by atoms with Gasteiger partial charge in [-0.1, -0.05) is 17.7 Å². The number of aromatic nitrogens is 3. The lowest BCUT2D eigenvalue weighted by molar-refractivity contribution is 0.0591. The first-order chi connectivity index (χ1) is 9.19. The van der Waals surface area contributed by atoms with Crippen LogP contribution in [-0.4, -0.2) is 27.7 Å². The van der Waals surface area contributed by atoms with Crippen LogP contribution in [0.25, 0.3) is 16.3 Å². The van der Waals surface area contributed by atoms with Crippen molar-refractivity contribution in [2.75, 3.05) is 7.11 Å². The summed E-state index contributed by atoms with van der Waals surface area (Å²) in [5.41, 5.74) is 0.920. The molecular formula is C12H8ClN3O2S. The highest BCUT2D eigenvalue weighted by Crippen LogP contribution is 2.29. The van der Waals surface area contributed by atoms with Gasteiger partial charge in [-0.25, -0.2) is 14.3 Å². The minimum absolute atomic E-state index is 0.335.